The molecule has 1 fully saturated rings. The lowest BCUT2D eigenvalue weighted by atomic mass is 10.0. The summed E-state index contributed by atoms with van der Waals surface area (Å²) in [6.45, 7) is 3.37. The second-order valence-electron chi connectivity index (χ2n) is 4.52. The van der Waals surface area contributed by atoms with E-state index in [1.807, 2.05) is 11.5 Å². The highest BCUT2D eigenvalue weighted by Crippen LogP contribution is 2.18. The van der Waals surface area contributed by atoms with Crippen LogP contribution in [-0.2, 0) is 6.54 Å². The maximum Gasteiger partial charge on any atom is 0.0272 e. The van der Waals surface area contributed by atoms with E-state index < -0.39 is 0 Å². The van der Waals surface area contributed by atoms with Gasteiger partial charge in [0.2, 0.25) is 0 Å². The van der Waals surface area contributed by atoms with E-state index in [0.717, 1.165) is 19.6 Å². The Morgan fingerprint density at radius 2 is 1.88 bits per heavy atom. The molecule has 3 heteroatoms. The van der Waals surface area contributed by atoms with E-state index in [9.17, 15) is 0 Å². The van der Waals surface area contributed by atoms with Crippen molar-refractivity contribution in [1.82, 2.24) is 9.32 Å². The monoisotopic (exact) mass is 238 g/mol. The quantitative estimate of drug-likeness (QED) is 0.748. The fourth-order valence-corrected chi connectivity index (χ4v) is 2.47. The minimum absolute atomic E-state index is 0.550. The molecule has 1 aromatic carbocycles. The van der Waals surface area contributed by atoms with Crippen LogP contribution < -0.4 is 0 Å². The van der Waals surface area contributed by atoms with Gasteiger partial charge in [-0.2, -0.15) is 0 Å². The van der Waals surface area contributed by atoms with Crippen molar-refractivity contribution in [2.75, 3.05) is 20.1 Å². The van der Waals surface area contributed by atoms with Crippen LogP contribution in [0.1, 0.15) is 18.4 Å². The zero-order valence-corrected chi connectivity index (χ0v) is 10.5. The molecular formula is C13H19ClN2. The maximum absolute atomic E-state index is 5.98. The Hall–Kier alpha value is -0.570. The Kier molecular flexibility index (Phi) is 4.22. The topological polar surface area (TPSA) is 6.48 Å². The lowest BCUT2D eigenvalue weighted by Crippen LogP contribution is -2.39. The molecule has 0 amide bonds. The van der Waals surface area contributed by atoms with Crippen LogP contribution in [0.4, 0.5) is 0 Å². The van der Waals surface area contributed by atoms with Gasteiger partial charge in [0, 0.05) is 32.7 Å². The summed E-state index contributed by atoms with van der Waals surface area (Å²) in [5.41, 5.74) is 1.40. The van der Waals surface area contributed by atoms with E-state index in [0.29, 0.717) is 6.04 Å². The first-order valence-electron chi connectivity index (χ1n) is 5.90. The maximum atomic E-state index is 5.98. The third-order valence-corrected chi connectivity index (χ3v) is 3.59. The van der Waals surface area contributed by atoms with Crippen LogP contribution in [0.15, 0.2) is 30.3 Å². The molecule has 1 aliphatic rings. The van der Waals surface area contributed by atoms with Crippen LogP contribution in [0.25, 0.3) is 0 Å². The van der Waals surface area contributed by atoms with Gasteiger partial charge >= 0.3 is 0 Å². The summed E-state index contributed by atoms with van der Waals surface area (Å²) in [7, 11) is 1.96. The number of hydrogen-bond donors (Lipinski definition) is 0. The number of likely N-dealkylation sites (tertiary alicyclic amines) is 1. The number of hydrogen-bond acceptors (Lipinski definition) is 2. The smallest absolute Gasteiger partial charge is 0.0272 e. The minimum Gasteiger partial charge on any atom is -0.299 e. The molecular weight excluding hydrogens is 220 g/mol. The SMILES string of the molecule is CN(Cl)C1CCN(Cc2ccccc2)CC1. The van der Waals surface area contributed by atoms with Crippen LogP contribution in [-0.4, -0.2) is 35.5 Å². The molecule has 0 spiro atoms. The van der Waals surface area contributed by atoms with Gasteiger partial charge in [-0.3, -0.25) is 4.90 Å². The average Bonchev–Trinajstić information content (AvgIpc) is 2.31. The van der Waals surface area contributed by atoms with Crippen LogP contribution in [0.5, 0.6) is 0 Å². The van der Waals surface area contributed by atoms with E-state index in [1.165, 1.54) is 18.4 Å². The van der Waals surface area contributed by atoms with Crippen molar-refractivity contribution in [3.8, 4) is 0 Å². The second-order valence-corrected chi connectivity index (χ2v) is 5.05. The Morgan fingerprint density at radius 1 is 1.25 bits per heavy atom. The van der Waals surface area contributed by atoms with Gasteiger partial charge in [0.25, 0.3) is 0 Å². The van der Waals surface area contributed by atoms with Gasteiger partial charge in [-0.25, -0.2) is 4.42 Å². The normalized spacial score (nSPS) is 19.2. The Balaban J connectivity index is 1.82. The molecule has 2 nitrogen and oxygen atoms in total. The van der Waals surface area contributed by atoms with E-state index in [-0.39, 0.29) is 0 Å². The first-order valence-corrected chi connectivity index (χ1v) is 6.24. The van der Waals surface area contributed by atoms with Gasteiger partial charge in [-0.05, 0) is 30.2 Å². The zero-order chi connectivity index (χ0) is 11.4. The second kappa shape index (κ2) is 5.67. The summed E-state index contributed by atoms with van der Waals surface area (Å²) >= 11 is 5.98. The molecule has 2 rings (SSSR count). The molecule has 0 bridgehead atoms. The minimum atomic E-state index is 0.550. The molecule has 1 aliphatic heterocycles. The predicted octanol–water partition coefficient (Wildman–Crippen LogP) is 2.74. The van der Waals surface area contributed by atoms with E-state index >= 15 is 0 Å². The summed E-state index contributed by atoms with van der Waals surface area (Å²) < 4.78 is 1.83. The highest BCUT2D eigenvalue weighted by atomic mass is 35.5. The van der Waals surface area contributed by atoms with Gasteiger partial charge in [-0.1, -0.05) is 30.3 Å². The Morgan fingerprint density at radius 3 is 2.44 bits per heavy atom. The molecule has 0 radical (unpaired) electrons. The Bertz CT molecular complexity index is 305. The molecule has 0 N–H and O–H groups in total. The van der Waals surface area contributed by atoms with Crippen molar-refractivity contribution in [3.05, 3.63) is 35.9 Å². The van der Waals surface area contributed by atoms with E-state index in [4.69, 9.17) is 11.8 Å². The van der Waals surface area contributed by atoms with Crippen molar-refractivity contribution >= 4 is 11.8 Å². The van der Waals surface area contributed by atoms with Crippen molar-refractivity contribution in [1.29, 1.82) is 0 Å². The standard InChI is InChI=1S/C13H19ClN2/c1-15(14)13-7-9-16(10-8-13)11-12-5-3-2-4-6-12/h2-6,13H,7-11H2,1H3. The molecule has 1 heterocycles. The first kappa shape index (κ1) is 11.9. The molecule has 1 saturated heterocycles. The zero-order valence-electron chi connectivity index (χ0n) is 9.77. The van der Waals surface area contributed by atoms with Gasteiger partial charge in [-0.15, -0.1) is 0 Å². The lowest BCUT2D eigenvalue weighted by Gasteiger charge is -2.33. The molecule has 88 valence electrons. The molecule has 0 aromatic heterocycles. The van der Waals surface area contributed by atoms with Crippen molar-refractivity contribution < 1.29 is 0 Å². The van der Waals surface area contributed by atoms with Crippen LogP contribution in [0, 0.1) is 0 Å². The fraction of sp³-hybridized carbons (Fsp3) is 0.538. The highest BCUT2D eigenvalue weighted by Gasteiger charge is 2.21. The average molecular weight is 239 g/mol. The van der Waals surface area contributed by atoms with Crippen molar-refractivity contribution in [3.63, 3.8) is 0 Å². The summed E-state index contributed by atoms with van der Waals surface area (Å²) in [6.07, 6.45) is 2.35. The molecule has 0 saturated carbocycles. The fourth-order valence-electron chi connectivity index (χ4n) is 2.27. The van der Waals surface area contributed by atoms with Crippen LogP contribution >= 0.6 is 11.8 Å². The van der Waals surface area contributed by atoms with Crippen molar-refractivity contribution in [2.24, 2.45) is 0 Å². The number of piperidine rings is 1. The number of halogens is 1. The third kappa shape index (κ3) is 3.21. The third-order valence-electron chi connectivity index (χ3n) is 3.31. The number of rotatable bonds is 3. The highest BCUT2D eigenvalue weighted by molar-refractivity contribution is 6.13. The van der Waals surface area contributed by atoms with Gasteiger partial charge in [0.1, 0.15) is 0 Å². The number of nitrogens with zero attached hydrogens (tertiary/aromatic N) is 2. The first-order chi connectivity index (χ1) is 7.75. The van der Waals surface area contributed by atoms with Crippen LogP contribution in [0.3, 0.4) is 0 Å². The summed E-state index contributed by atoms with van der Waals surface area (Å²) in [6, 6.07) is 11.2. The summed E-state index contributed by atoms with van der Waals surface area (Å²) in [5.74, 6) is 0. The number of benzene rings is 1. The molecule has 0 unspecified atom stereocenters. The molecule has 1 aromatic rings. The molecule has 16 heavy (non-hydrogen) atoms. The van der Waals surface area contributed by atoms with Gasteiger partial charge in [0.15, 0.2) is 0 Å². The van der Waals surface area contributed by atoms with Crippen molar-refractivity contribution in [2.45, 2.75) is 25.4 Å². The lowest BCUT2D eigenvalue weighted by molar-refractivity contribution is 0.166. The van der Waals surface area contributed by atoms with Crippen LogP contribution in [0.2, 0.25) is 0 Å². The van der Waals surface area contributed by atoms with E-state index in [1.54, 1.807) is 0 Å². The summed E-state index contributed by atoms with van der Waals surface area (Å²) in [5, 5.41) is 0. The largest absolute Gasteiger partial charge is 0.299 e. The van der Waals surface area contributed by atoms with E-state index in [2.05, 4.69) is 35.2 Å². The van der Waals surface area contributed by atoms with Gasteiger partial charge in [0.05, 0.1) is 0 Å². The Labute approximate surface area is 103 Å². The summed E-state index contributed by atoms with van der Waals surface area (Å²) in [4.78, 5) is 2.51. The van der Waals surface area contributed by atoms with Gasteiger partial charge < -0.3 is 0 Å². The predicted molar refractivity (Wildman–Crippen MR) is 68.4 cm³/mol. The molecule has 0 atom stereocenters. The molecule has 0 aliphatic carbocycles.